The summed E-state index contributed by atoms with van der Waals surface area (Å²) in [5.41, 5.74) is 0.195. The third-order valence-electron chi connectivity index (χ3n) is 1.45. The summed E-state index contributed by atoms with van der Waals surface area (Å²) in [6.45, 7) is 1.95. The molecule has 0 atom stereocenters. The van der Waals surface area contributed by atoms with Crippen LogP contribution in [-0.2, 0) is 9.53 Å². The Morgan fingerprint density at radius 2 is 2.21 bits per heavy atom. The van der Waals surface area contributed by atoms with Crippen molar-refractivity contribution in [1.29, 1.82) is 0 Å². The summed E-state index contributed by atoms with van der Waals surface area (Å²) in [7, 11) is 0. The highest BCUT2D eigenvalue weighted by atomic mass is 19.1. The number of ether oxygens (including phenoxy) is 1. The molecule has 0 amide bonds. The average Bonchev–Trinajstić information content (AvgIpc) is 2.17. The first-order chi connectivity index (χ1) is 6.74. The van der Waals surface area contributed by atoms with Gasteiger partial charge in [-0.3, -0.25) is 0 Å². The highest BCUT2D eigenvalue weighted by Gasteiger charge is 1.97. The fourth-order valence-electron chi connectivity index (χ4n) is 0.848. The number of halogens is 1. The van der Waals surface area contributed by atoms with Gasteiger partial charge in [0, 0.05) is 5.92 Å². The molecule has 0 fully saturated rings. The second-order valence-electron chi connectivity index (χ2n) is 2.45. The van der Waals surface area contributed by atoms with Crippen LogP contribution in [-0.4, -0.2) is 12.6 Å². The van der Waals surface area contributed by atoms with Gasteiger partial charge >= 0.3 is 5.97 Å². The summed E-state index contributed by atoms with van der Waals surface area (Å²) in [5.74, 6) is 3.50. The van der Waals surface area contributed by atoms with Crippen LogP contribution in [0.25, 0.3) is 0 Å². The van der Waals surface area contributed by atoms with Gasteiger partial charge in [0.1, 0.15) is 5.82 Å². The molecule has 0 aliphatic heterocycles. The minimum atomic E-state index is -0.643. The van der Waals surface area contributed by atoms with Crippen LogP contribution < -0.4 is 0 Å². The summed E-state index contributed by atoms with van der Waals surface area (Å²) in [6.07, 6.45) is 0. The zero-order valence-electron chi connectivity index (χ0n) is 7.71. The number of hydrogen-bond donors (Lipinski definition) is 0. The van der Waals surface area contributed by atoms with E-state index in [2.05, 4.69) is 16.6 Å². The van der Waals surface area contributed by atoms with Gasteiger partial charge in [-0.2, -0.15) is 0 Å². The maximum atomic E-state index is 13.0. The molecule has 0 spiro atoms. The molecule has 2 nitrogen and oxygen atoms in total. The Hall–Kier alpha value is -1.82. The lowest BCUT2D eigenvalue weighted by Gasteiger charge is -1.92. The molecule has 0 heterocycles. The number of carbonyl (C=O) groups excluding carboxylic acids is 1. The Labute approximate surface area is 81.7 Å². The molecule has 0 aliphatic rings. The van der Waals surface area contributed by atoms with Crippen LogP contribution in [0.2, 0.25) is 0 Å². The summed E-state index contributed by atoms with van der Waals surface area (Å²) in [4.78, 5) is 10.8. The van der Waals surface area contributed by atoms with E-state index in [1.165, 1.54) is 12.1 Å². The van der Waals surface area contributed by atoms with Crippen LogP contribution in [0.4, 0.5) is 4.39 Å². The van der Waals surface area contributed by atoms with E-state index in [1.54, 1.807) is 19.1 Å². The van der Waals surface area contributed by atoms with Crippen LogP contribution in [0.15, 0.2) is 24.3 Å². The van der Waals surface area contributed by atoms with Gasteiger partial charge < -0.3 is 4.74 Å². The lowest BCUT2D eigenvalue weighted by atomic mass is 10.2. The van der Waals surface area contributed by atoms with Gasteiger partial charge in [-0.05, 0) is 19.1 Å². The zero-order valence-corrected chi connectivity index (χ0v) is 7.71. The Kier molecular flexibility index (Phi) is 3.69. The van der Waals surface area contributed by atoms with E-state index >= 15 is 0 Å². The normalized spacial score (nSPS) is 8.71. The van der Waals surface area contributed by atoms with Gasteiger partial charge in [0.05, 0.1) is 12.2 Å². The van der Waals surface area contributed by atoms with Gasteiger partial charge in [0.25, 0.3) is 0 Å². The molecule has 0 unspecified atom stereocenters. The van der Waals surface area contributed by atoms with E-state index in [9.17, 15) is 9.18 Å². The predicted molar refractivity (Wildman–Crippen MR) is 49.9 cm³/mol. The molecule has 0 bridgehead atoms. The van der Waals surface area contributed by atoms with Crippen molar-refractivity contribution < 1.29 is 13.9 Å². The molecule has 0 aromatic heterocycles. The quantitative estimate of drug-likeness (QED) is 0.500. The fraction of sp³-hybridized carbons (Fsp3) is 0.182. The first kappa shape index (κ1) is 10.3. The van der Waals surface area contributed by atoms with Gasteiger partial charge in [0.15, 0.2) is 0 Å². The van der Waals surface area contributed by atoms with Gasteiger partial charge in [-0.25, -0.2) is 9.18 Å². The lowest BCUT2D eigenvalue weighted by molar-refractivity contribution is -0.136. The summed E-state index contributed by atoms with van der Waals surface area (Å²) in [6, 6.07) is 6.00. The second-order valence-corrected chi connectivity index (χ2v) is 2.45. The average molecular weight is 192 g/mol. The lowest BCUT2D eigenvalue weighted by Crippen LogP contribution is -1.99. The van der Waals surface area contributed by atoms with E-state index in [0.29, 0.717) is 0 Å². The van der Waals surface area contributed by atoms with Crippen molar-refractivity contribution in [3.8, 4) is 11.8 Å². The van der Waals surface area contributed by atoms with Crippen molar-refractivity contribution in [1.82, 2.24) is 0 Å². The maximum Gasteiger partial charge on any atom is 0.384 e. The predicted octanol–water partition coefficient (Wildman–Crippen LogP) is 1.74. The summed E-state index contributed by atoms with van der Waals surface area (Å²) < 4.78 is 17.5. The van der Waals surface area contributed by atoms with Crippen LogP contribution in [0.3, 0.4) is 0 Å². The fourth-order valence-corrected chi connectivity index (χ4v) is 0.848. The van der Waals surface area contributed by atoms with Crippen LogP contribution >= 0.6 is 0 Å². The largest absolute Gasteiger partial charge is 0.456 e. The Morgan fingerprint density at radius 1 is 1.50 bits per heavy atom. The van der Waals surface area contributed by atoms with Gasteiger partial charge in [-0.15, -0.1) is 0 Å². The topological polar surface area (TPSA) is 26.3 Å². The highest BCUT2D eigenvalue weighted by molar-refractivity contribution is 5.89. The zero-order chi connectivity index (χ0) is 10.4. The molecular formula is C11H9FO2. The SMILES string of the molecule is CCOC(=O)C#Cc1ccccc1F. The van der Waals surface area contributed by atoms with E-state index in [4.69, 9.17) is 0 Å². The molecule has 1 aromatic carbocycles. The molecule has 3 heteroatoms. The first-order valence-electron chi connectivity index (χ1n) is 4.17. The third-order valence-corrected chi connectivity index (χ3v) is 1.45. The number of hydrogen-bond acceptors (Lipinski definition) is 2. The van der Waals surface area contributed by atoms with E-state index in [-0.39, 0.29) is 12.2 Å². The van der Waals surface area contributed by atoms with Crippen molar-refractivity contribution in [2.24, 2.45) is 0 Å². The minimum Gasteiger partial charge on any atom is -0.456 e. The number of carbonyl (C=O) groups is 1. The van der Waals surface area contributed by atoms with Crippen molar-refractivity contribution in [3.63, 3.8) is 0 Å². The van der Waals surface area contributed by atoms with Crippen LogP contribution in [0, 0.1) is 17.7 Å². The van der Waals surface area contributed by atoms with Crippen LogP contribution in [0.1, 0.15) is 12.5 Å². The Morgan fingerprint density at radius 3 is 2.86 bits per heavy atom. The monoisotopic (exact) mass is 192 g/mol. The third kappa shape index (κ3) is 2.91. The minimum absolute atomic E-state index is 0.195. The molecule has 0 aliphatic carbocycles. The number of benzene rings is 1. The summed E-state index contributed by atoms with van der Waals surface area (Å²) >= 11 is 0. The second kappa shape index (κ2) is 5.03. The molecule has 1 rings (SSSR count). The molecule has 0 radical (unpaired) electrons. The maximum absolute atomic E-state index is 13.0. The van der Waals surface area contributed by atoms with Crippen molar-refractivity contribution in [2.45, 2.75) is 6.92 Å². The molecule has 14 heavy (non-hydrogen) atoms. The van der Waals surface area contributed by atoms with Crippen molar-refractivity contribution >= 4 is 5.97 Å². The molecule has 0 N–H and O–H groups in total. The highest BCUT2D eigenvalue weighted by Crippen LogP contribution is 2.03. The molecule has 0 saturated heterocycles. The molecule has 72 valence electrons. The van der Waals surface area contributed by atoms with Crippen molar-refractivity contribution in [2.75, 3.05) is 6.61 Å². The Balaban J connectivity index is 2.77. The van der Waals surface area contributed by atoms with E-state index in [0.717, 1.165) is 0 Å². The standard InChI is InChI=1S/C11H9FO2/c1-2-14-11(13)8-7-9-5-3-4-6-10(9)12/h3-6H,2H2,1H3. The number of esters is 1. The first-order valence-corrected chi connectivity index (χ1v) is 4.17. The Bertz CT molecular complexity index is 388. The van der Waals surface area contributed by atoms with Gasteiger partial charge in [-0.1, -0.05) is 18.1 Å². The van der Waals surface area contributed by atoms with Gasteiger partial charge in [0.2, 0.25) is 0 Å². The molecule has 1 aromatic rings. The smallest absolute Gasteiger partial charge is 0.384 e. The number of rotatable bonds is 1. The molecular weight excluding hydrogens is 183 g/mol. The van der Waals surface area contributed by atoms with E-state index < -0.39 is 11.8 Å². The van der Waals surface area contributed by atoms with Crippen molar-refractivity contribution in [3.05, 3.63) is 35.6 Å². The summed E-state index contributed by atoms with van der Waals surface area (Å²) in [5, 5.41) is 0. The van der Waals surface area contributed by atoms with Crippen LogP contribution in [0.5, 0.6) is 0 Å². The van der Waals surface area contributed by atoms with E-state index in [1.807, 2.05) is 0 Å². The molecule has 0 saturated carbocycles.